The quantitative estimate of drug-likeness (QED) is 0.435. The van der Waals surface area contributed by atoms with Gasteiger partial charge in [-0.1, -0.05) is 0 Å². The number of alkyl halides is 6. The van der Waals surface area contributed by atoms with Crippen LogP contribution in [0.4, 0.5) is 26.3 Å². The molecular weight excluding hydrogens is 202 g/mol. The fourth-order valence-electron chi connectivity index (χ4n) is 0.919. The van der Waals surface area contributed by atoms with Gasteiger partial charge in [-0.2, -0.15) is 31.2 Å². The molecule has 0 saturated heterocycles. The van der Waals surface area contributed by atoms with Crippen molar-refractivity contribution in [2.24, 2.45) is 4.99 Å². The molecule has 0 aromatic rings. The predicted octanol–water partition coefficient (Wildman–Crippen LogP) is 1.78. The maximum Gasteiger partial charge on any atom is 0.462 e. The van der Waals surface area contributed by atoms with Crippen molar-refractivity contribution in [3.8, 4) is 0 Å². The van der Waals surface area contributed by atoms with Crippen molar-refractivity contribution in [1.29, 1.82) is 0 Å². The summed E-state index contributed by atoms with van der Waals surface area (Å²) in [4.78, 5) is 2.04. The molecule has 0 aromatic carbocycles. The molecule has 0 fully saturated rings. The molecule has 0 saturated carbocycles. The molecule has 8 heteroatoms. The summed E-state index contributed by atoms with van der Waals surface area (Å²) in [5, 5.41) is 0. The van der Waals surface area contributed by atoms with Crippen LogP contribution >= 0.6 is 0 Å². The highest BCUT2D eigenvalue weighted by Gasteiger charge is 2.54. The van der Waals surface area contributed by atoms with Crippen LogP contribution in [0.3, 0.4) is 0 Å². The molecular formula is C5H4F6N2. The number of aliphatic imine (C=N–C) groups is 1. The van der Waals surface area contributed by atoms with Crippen LogP contribution in [0.15, 0.2) is 4.99 Å². The molecule has 76 valence electrons. The highest BCUT2D eigenvalue weighted by Crippen LogP contribution is 2.34. The van der Waals surface area contributed by atoms with Crippen LogP contribution in [0.5, 0.6) is 0 Å². The Morgan fingerprint density at radius 3 is 2.00 bits per heavy atom. The van der Waals surface area contributed by atoms with Crippen LogP contribution in [0, 0.1) is 0 Å². The van der Waals surface area contributed by atoms with E-state index in [1.165, 1.54) is 0 Å². The molecule has 0 N–H and O–H groups in total. The van der Waals surface area contributed by atoms with Gasteiger partial charge in [0.2, 0.25) is 6.17 Å². The summed E-state index contributed by atoms with van der Waals surface area (Å²) in [5.41, 5.74) is 0. The summed E-state index contributed by atoms with van der Waals surface area (Å²) < 4.78 is 71.3. The number of rotatable bonds is 0. The lowest BCUT2D eigenvalue weighted by molar-refractivity contribution is -0.290. The molecule has 1 rings (SSSR count). The normalized spacial score (nSPS) is 25.5. The Morgan fingerprint density at radius 1 is 1.15 bits per heavy atom. The van der Waals surface area contributed by atoms with Crippen molar-refractivity contribution in [3.63, 3.8) is 0 Å². The van der Waals surface area contributed by atoms with Gasteiger partial charge in [-0.3, -0.25) is 4.99 Å². The van der Waals surface area contributed by atoms with E-state index < -0.39 is 30.1 Å². The van der Waals surface area contributed by atoms with Crippen molar-refractivity contribution in [1.82, 2.24) is 4.90 Å². The van der Waals surface area contributed by atoms with Gasteiger partial charge < -0.3 is 0 Å². The van der Waals surface area contributed by atoms with Crippen LogP contribution in [0.1, 0.15) is 0 Å². The lowest BCUT2D eigenvalue weighted by atomic mass is 10.4. The smallest absolute Gasteiger partial charge is 0.267 e. The monoisotopic (exact) mass is 206 g/mol. The van der Waals surface area contributed by atoms with Crippen LogP contribution in [-0.4, -0.2) is 36.3 Å². The molecule has 0 amide bonds. The number of halogens is 6. The number of hydrogen-bond acceptors (Lipinski definition) is 2. The summed E-state index contributed by atoms with van der Waals surface area (Å²) in [6, 6.07) is 0. The Labute approximate surface area is 68.8 Å². The standard InChI is InChI=1S/C5H4F6N2/c6-4(7,8)3-12-1-2-13(3)5(9,10)11/h1,3H,2H2. The van der Waals surface area contributed by atoms with Gasteiger partial charge in [-0.25, -0.2) is 0 Å². The largest absolute Gasteiger partial charge is 0.462 e. The zero-order chi connectivity index (χ0) is 10.3. The highest BCUT2D eigenvalue weighted by atomic mass is 19.4. The van der Waals surface area contributed by atoms with E-state index in [2.05, 4.69) is 4.99 Å². The minimum absolute atomic E-state index is 0.603. The molecule has 0 aromatic heterocycles. The minimum Gasteiger partial charge on any atom is -0.267 e. The summed E-state index contributed by atoms with van der Waals surface area (Å²) in [5.74, 6) is 0. The van der Waals surface area contributed by atoms with Crippen molar-refractivity contribution >= 4 is 6.21 Å². The third kappa shape index (κ3) is 2.11. The summed E-state index contributed by atoms with van der Waals surface area (Å²) in [7, 11) is 0. The summed E-state index contributed by atoms with van der Waals surface area (Å²) in [6.45, 7) is -0.853. The molecule has 1 atom stereocenters. The van der Waals surface area contributed by atoms with Gasteiger partial charge in [0, 0.05) is 12.8 Å². The maximum absolute atomic E-state index is 11.9. The van der Waals surface area contributed by atoms with E-state index in [1.54, 1.807) is 0 Å². The minimum atomic E-state index is -5.00. The van der Waals surface area contributed by atoms with Crippen molar-refractivity contribution < 1.29 is 26.3 Å². The lowest BCUT2D eigenvalue weighted by Gasteiger charge is -2.26. The zero-order valence-electron chi connectivity index (χ0n) is 6.02. The first-order valence-corrected chi connectivity index (χ1v) is 3.15. The molecule has 0 radical (unpaired) electrons. The van der Waals surface area contributed by atoms with Crippen molar-refractivity contribution in [2.45, 2.75) is 18.6 Å². The Balaban J connectivity index is 2.81. The molecule has 0 bridgehead atoms. The van der Waals surface area contributed by atoms with Crippen LogP contribution in [-0.2, 0) is 0 Å². The van der Waals surface area contributed by atoms with E-state index in [-0.39, 0.29) is 0 Å². The van der Waals surface area contributed by atoms with Crippen molar-refractivity contribution in [3.05, 3.63) is 0 Å². The van der Waals surface area contributed by atoms with E-state index in [4.69, 9.17) is 0 Å². The zero-order valence-corrected chi connectivity index (χ0v) is 6.02. The number of hydrogen-bond donors (Lipinski definition) is 0. The second-order valence-corrected chi connectivity index (χ2v) is 2.37. The third-order valence-corrected chi connectivity index (χ3v) is 1.44. The number of nitrogens with zero attached hydrogens (tertiary/aromatic N) is 2. The summed E-state index contributed by atoms with van der Waals surface area (Å²) >= 11 is 0. The van der Waals surface area contributed by atoms with Gasteiger partial charge in [0.15, 0.2) is 0 Å². The SMILES string of the molecule is FC(F)(F)C1N=CCN1C(F)(F)F. The van der Waals surface area contributed by atoms with E-state index in [9.17, 15) is 26.3 Å². The first-order valence-electron chi connectivity index (χ1n) is 3.15. The van der Waals surface area contributed by atoms with Gasteiger partial charge in [0.05, 0.1) is 0 Å². The Kier molecular flexibility index (Phi) is 2.27. The summed E-state index contributed by atoms with van der Waals surface area (Å²) in [6.07, 6.45) is -12.2. The van der Waals surface area contributed by atoms with Crippen LogP contribution in [0.25, 0.3) is 0 Å². The van der Waals surface area contributed by atoms with Gasteiger partial charge in [-0.15, -0.1) is 0 Å². The van der Waals surface area contributed by atoms with Gasteiger partial charge >= 0.3 is 12.5 Å². The third-order valence-electron chi connectivity index (χ3n) is 1.44. The second-order valence-electron chi connectivity index (χ2n) is 2.37. The second kappa shape index (κ2) is 2.86. The van der Waals surface area contributed by atoms with E-state index in [0.717, 1.165) is 0 Å². The molecule has 0 spiro atoms. The Bertz CT molecular complexity index is 216. The Hall–Kier alpha value is -0.790. The fraction of sp³-hybridized carbons (Fsp3) is 0.800. The molecule has 1 unspecified atom stereocenters. The topological polar surface area (TPSA) is 15.6 Å². The molecule has 1 aliphatic heterocycles. The molecule has 13 heavy (non-hydrogen) atoms. The van der Waals surface area contributed by atoms with Gasteiger partial charge in [-0.05, 0) is 0 Å². The average Bonchev–Trinajstić information content (AvgIpc) is 2.27. The predicted molar refractivity (Wildman–Crippen MR) is 31.1 cm³/mol. The van der Waals surface area contributed by atoms with Crippen LogP contribution < -0.4 is 0 Å². The highest BCUT2D eigenvalue weighted by molar-refractivity contribution is 5.62. The first-order chi connectivity index (χ1) is 5.73. The molecule has 2 nitrogen and oxygen atoms in total. The van der Waals surface area contributed by atoms with E-state index >= 15 is 0 Å². The van der Waals surface area contributed by atoms with E-state index in [0.29, 0.717) is 6.21 Å². The maximum atomic E-state index is 11.9. The Morgan fingerprint density at radius 2 is 1.69 bits per heavy atom. The fourth-order valence-corrected chi connectivity index (χ4v) is 0.919. The molecule has 1 aliphatic rings. The molecule has 0 aliphatic carbocycles. The van der Waals surface area contributed by atoms with E-state index in [1.807, 2.05) is 0 Å². The average molecular weight is 206 g/mol. The van der Waals surface area contributed by atoms with Gasteiger partial charge in [0.25, 0.3) is 0 Å². The molecule has 1 heterocycles. The van der Waals surface area contributed by atoms with Gasteiger partial charge in [0.1, 0.15) is 0 Å². The lowest BCUT2D eigenvalue weighted by Crippen LogP contribution is -2.49. The van der Waals surface area contributed by atoms with Crippen LogP contribution in [0.2, 0.25) is 0 Å². The van der Waals surface area contributed by atoms with Crippen molar-refractivity contribution in [2.75, 3.05) is 6.54 Å². The first kappa shape index (κ1) is 10.3.